The fraction of sp³-hybridized carbons (Fsp3) is 0.857. The van der Waals surface area contributed by atoms with Gasteiger partial charge in [-0.05, 0) is 30.6 Å². The van der Waals surface area contributed by atoms with Crippen LogP contribution < -0.4 is 5.32 Å². The lowest BCUT2D eigenvalue weighted by molar-refractivity contribution is -0.137. The predicted molar refractivity (Wildman–Crippen MR) is 69.9 cm³/mol. The Bertz CT molecular complexity index is 365. The van der Waals surface area contributed by atoms with Gasteiger partial charge < -0.3 is 5.32 Å². The second-order valence-electron chi connectivity index (χ2n) is 6.82. The Morgan fingerprint density at radius 3 is 2.44 bits per heavy atom. The second-order valence-corrected chi connectivity index (χ2v) is 6.82. The van der Waals surface area contributed by atoms with Crippen molar-refractivity contribution in [2.45, 2.75) is 58.5 Å². The summed E-state index contributed by atoms with van der Waals surface area (Å²) in [6, 6.07) is 0.0607. The van der Waals surface area contributed by atoms with E-state index in [-0.39, 0.29) is 17.9 Å². The molecule has 1 heterocycles. The first-order valence-corrected chi connectivity index (χ1v) is 6.85. The Kier molecular flexibility index (Phi) is 3.49. The highest BCUT2D eigenvalue weighted by Gasteiger charge is 2.39. The van der Waals surface area contributed by atoms with Crippen LogP contribution in [-0.2, 0) is 9.59 Å². The zero-order valence-corrected chi connectivity index (χ0v) is 11.8. The number of likely N-dealkylation sites (N-methyl/N-ethyl adjacent to an activating group) is 1. The standard InChI is InChI=1S/C14H24N2O2/c1-9-5-10(8-14(2,3)7-9)15-11-6-12(17)16(4)13(11)18/h9-11,15H,5-8H2,1-4H3. The summed E-state index contributed by atoms with van der Waals surface area (Å²) in [7, 11) is 1.57. The molecule has 2 aliphatic rings. The van der Waals surface area contributed by atoms with Crippen LogP contribution in [0.1, 0.15) is 46.5 Å². The molecule has 2 fully saturated rings. The van der Waals surface area contributed by atoms with Gasteiger partial charge in [0.1, 0.15) is 0 Å². The van der Waals surface area contributed by atoms with Crippen molar-refractivity contribution in [2.24, 2.45) is 11.3 Å². The summed E-state index contributed by atoms with van der Waals surface area (Å²) in [5.74, 6) is 0.535. The maximum absolute atomic E-state index is 11.9. The molecular weight excluding hydrogens is 228 g/mol. The summed E-state index contributed by atoms with van der Waals surface area (Å²) in [6.45, 7) is 6.83. The number of hydrogen-bond acceptors (Lipinski definition) is 3. The Morgan fingerprint density at radius 2 is 1.94 bits per heavy atom. The quantitative estimate of drug-likeness (QED) is 0.759. The Morgan fingerprint density at radius 1 is 1.28 bits per heavy atom. The molecule has 1 aliphatic heterocycles. The lowest BCUT2D eigenvalue weighted by atomic mass is 9.70. The zero-order valence-electron chi connectivity index (χ0n) is 11.8. The van der Waals surface area contributed by atoms with Crippen LogP contribution in [-0.4, -0.2) is 35.8 Å². The lowest BCUT2D eigenvalue weighted by Crippen LogP contribution is -2.47. The topological polar surface area (TPSA) is 49.4 Å². The molecule has 0 spiro atoms. The van der Waals surface area contributed by atoms with Crippen molar-refractivity contribution in [1.82, 2.24) is 10.2 Å². The number of carbonyl (C=O) groups excluding carboxylic acids is 2. The fourth-order valence-electron chi connectivity index (χ4n) is 3.64. The molecular formula is C14H24N2O2. The molecule has 1 saturated heterocycles. The van der Waals surface area contributed by atoms with Gasteiger partial charge >= 0.3 is 0 Å². The number of nitrogens with zero attached hydrogens (tertiary/aromatic N) is 1. The van der Waals surface area contributed by atoms with Gasteiger partial charge in [-0.25, -0.2) is 0 Å². The fourth-order valence-corrected chi connectivity index (χ4v) is 3.64. The Hall–Kier alpha value is -0.900. The molecule has 0 aromatic heterocycles. The molecule has 3 unspecified atom stereocenters. The van der Waals surface area contributed by atoms with Crippen molar-refractivity contribution in [3.8, 4) is 0 Å². The van der Waals surface area contributed by atoms with Gasteiger partial charge in [0.15, 0.2) is 0 Å². The largest absolute Gasteiger partial charge is 0.303 e. The van der Waals surface area contributed by atoms with Gasteiger partial charge in [-0.1, -0.05) is 20.8 Å². The van der Waals surface area contributed by atoms with Crippen LogP contribution in [0.5, 0.6) is 0 Å². The highest BCUT2D eigenvalue weighted by molar-refractivity contribution is 6.05. The van der Waals surface area contributed by atoms with Crippen LogP contribution in [0.4, 0.5) is 0 Å². The van der Waals surface area contributed by atoms with Gasteiger partial charge in [-0.3, -0.25) is 14.5 Å². The summed E-state index contributed by atoms with van der Waals surface area (Å²) < 4.78 is 0. The van der Waals surface area contributed by atoms with E-state index in [0.717, 1.165) is 12.8 Å². The maximum Gasteiger partial charge on any atom is 0.246 e. The summed E-state index contributed by atoms with van der Waals surface area (Å²) in [5.41, 5.74) is 0.326. The van der Waals surface area contributed by atoms with Gasteiger partial charge in [0, 0.05) is 13.1 Å². The molecule has 0 aromatic rings. The van der Waals surface area contributed by atoms with Crippen LogP contribution in [0.15, 0.2) is 0 Å². The van der Waals surface area contributed by atoms with E-state index < -0.39 is 0 Å². The van der Waals surface area contributed by atoms with Crippen LogP contribution in [0.3, 0.4) is 0 Å². The van der Waals surface area contributed by atoms with E-state index >= 15 is 0 Å². The van der Waals surface area contributed by atoms with Gasteiger partial charge in [-0.15, -0.1) is 0 Å². The average molecular weight is 252 g/mol. The molecule has 1 saturated carbocycles. The second kappa shape index (κ2) is 4.65. The average Bonchev–Trinajstić information content (AvgIpc) is 2.43. The number of amides is 2. The van der Waals surface area contributed by atoms with E-state index in [0.29, 0.717) is 23.8 Å². The van der Waals surface area contributed by atoms with Crippen molar-refractivity contribution in [1.29, 1.82) is 0 Å². The SMILES string of the molecule is CC1CC(NC2CC(=O)N(C)C2=O)CC(C)(C)C1. The van der Waals surface area contributed by atoms with Gasteiger partial charge in [-0.2, -0.15) is 0 Å². The van der Waals surface area contributed by atoms with E-state index in [2.05, 4.69) is 26.1 Å². The number of carbonyl (C=O) groups is 2. The summed E-state index contributed by atoms with van der Waals surface area (Å²) >= 11 is 0. The Labute approximate surface area is 109 Å². The number of imide groups is 1. The first-order valence-electron chi connectivity index (χ1n) is 6.85. The molecule has 4 nitrogen and oxygen atoms in total. The van der Waals surface area contributed by atoms with Crippen LogP contribution >= 0.6 is 0 Å². The lowest BCUT2D eigenvalue weighted by Gasteiger charge is -2.40. The molecule has 2 amide bonds. The van der Waals surface area contributed by atoms with Crippen LogP contribution in [0.25, 0.3) is 0 Å². The first-order chi connectivity index (χ1) is 8.28. The number of hydrogen-bond donors (Lipinski definition) is 1. The highest BCUT2D eigenvalue weighted by Crippen LogP contribution is 2.38. The van der Waals surface area contributed by atoms with Gasteiger partial charge in [0.05, 0.1) is 12.5 Å². The number of rotatable bonds is 2. The molecule has 0 bridgehead atoms. The molecule has 18 heavy (non-hydrogen) atoms. The van der Waals surface area contributed by atoms with Crippen molar-refractivity contribution in [3.63, 3.8) is 0 Å². The van der Waals surface area contributed by atoms with Crippen molar-refractivity contribution in [3.05, 3.63) is 0 Å². The van der Waals surface area contributed by atoms with E-state index in [1.165, 1.54) is 11.3 Å². The number of likely N-dealkylation sites (tertiary alicyclic amines) is 1. The minimum atomic E-state index is -0.298. The first kappa shape index (κ1) is 13.5. The maximum atomic E-state index is 11.9. The van der Waals surface area contributed by atoms with E-state index in [4.69, 9.17) is 0 Å². The summed E-state index contributed by atoms with van der Waals surface area (Å²) in [5, 5.41) is 3.40. The summed E-state index contributed by atoms with van der Waals surface area (Å²) in [4.78, 5) is 24.6. The highest BCUT2D eigenvalue weighted by atomic mass is 16.2. The minimum absolute atomic E-state index is 0.0689. The number of nitrogens with one attached hydrogen (secondary N) is 1. The molecule has 0 radical (unpaired) electrons. The zero-order chi connectivity index (χ0) is 13.5. The molecule has 1 N–H and O–H groups in total. The van der Waals surface area contributed by atoms with E-state index in [1.54, 1.807) is 7.05 Å². The van der Waals surface area contributed by atoms with Crippen LogP contribution in [0.2, 0.25) is 0 Å². The van der Waals surface area contributed by atoms with E-state index in [9.17, 15) is 9.59 Å². The van der Waals surface area contributed by atoms with E-state index in [1.807, 2.05) is 0 Å². The summed E-state index contributed by atoms with van der Waals surface area (Å²) in [6.07, 6.45) is 3.74. The molecule has 3 atom stereocenters. The normalized spacial score (nSPS) is 36.2. The third kappa shape index (κ3) is 2.74. The Balaban J connectivity index is 1.98. The molecule has 2 rings (SSSR count). The van der Waals surface area contributed by atoms with Crippen molar-refractivity contribution >= 4 is 11.8 Å². The molecule has 102 valence electrons. The molecule has 0 aromatic carbocycles. The van der Waals surface area contributed by atoms with Crippen LogP contribution in [0, 0.1) is 11.3 Å². The minimum Gasteiger partial charge on any atom is -0.303 e. The smallest absolute Gasteiger partial charge is 0.246 e. The third-order valence-electron chi connectivity index (χ3n) is 4.21. The van der Waals surface area contributed by atoms with Gasteiger partial charge in [0.25, 0.3) is 0 Å². The third-order valence-corrected chi connectivity index (χ3v) is 4.21. The predicted octanol–water partition coefficient (Wildman–Crippen LogP) is 1.55. The monoisotopic (exact) mass is 252 g/mol. The van der Waals surface area contributed by atoms with Crippen molar-refractivity contribution in [2.75, 3.05) is 7.05 Å². The van der Waals surface area contributed by atoms with Gasteiger partial charge in [0.2, 0.25) is 11.8 Å². The van der Waals surface area contributed by atoms with Crippen molar-refractivity contribution < 1.29 is 9.59 Å². The molecule has 1 aliphatic carbocycles. The molecule has 4 heteroatoms.